The number of allylic oxidation sites excluding steroid dienone is 8. The third-order valence-electron chi connectivity index (χ3n) is 4.73. The predicted molar refractivity (Wildman–Crippen MR) is 127 cm³/mol. The number of rotatable bonds is 0. The van der Waals surface area contributed by atoms with Crippen molar-refractivity contribution in [3.05, 3.63) is 106 Å². The maximum atomic E-state index is 8.74. The molecule has 2 aliphatic rings. The molecule has 0 aromatic heterocycles. The third-order valence-corrected chi connectivity index (χ3v) is 4.73. The van der Waals surface area contributed by atoms with Crippen molar-refractivity contribution < 1.29 is 36.4 Å². The Morgan fingerprint density at radius 1 is 0.636 bits per heavy atom. The van der Waals surface area contributed by atoms with Gasteiger partial charge in [0.15, 0.2) is 0 Å². The van der Waals surface area contributed by atoms with Crippen molar-refractivity contribution in [2.75, 3.05) is 0 Å². The fourth-order valence-electron chi connectivity index (χ4n) is 2.34. The van der Waals surface area contributed by atoms with Crippen molar-refractivity contribution in [2.24, 2.45) is 0 Å². The van der Waals surface area contributed by atoms with E-state index in [0.29, 0.717) is 11.1 Å². The molecule has 0 bridgehead atoms. The number of nitriles is 2. The molecule has 0 saturated heterocycles. The van der Waals surface area contributed by atoms with Gasteiger partial charge in [0.2, 0.25) is 0 Å². The van der Waals surface area contributed by atoms with Gasteiger partial charge in [-0.3, -0.25) is 12.2 Å². The molecular formula is C28H28N2O2Zr. The van der Waals surface area contributed by atoms with Crippen LogP contribution in [0.1, 0.15) is 51.7 Å². The van der Waals surface area contributed by atoms with Crippen molar-refractivity contribution in [1.29, 1.82) is 10.5 Å². The molecule has 4 rings (SSSR count). The number of phenols is 2. The Morgan fingerprint density at radius 3 is 1.09 bits per heavy atom. The Morgan fingerprint density at radius 2 is 0.939 bits per heavy atom. The Hall–Kier alpha value is -3.14. The van der Waals surface area contributed by atoms with Gasteiger partial charge in [-0.1, -0.05) is 26.7 Å². The van der Waals surface area contributed by atoms with Crippen LogP contribution in [0.5, 0.6) is 11.5 Å². The quantitative estimate of drug-likeness (QED) is 0.382. The molecule has 2 aromatic rings. The van der Waals surface area contributed by atoms with E-state index in [1.807, 2.05) is 12.1 Å². The SMILES string of the molecule is CC1=C(C)CC=[C-]1.CC1=C(C)CC=[C-]1.N#Cc1ccc(O)cc1.N#Cc1ccc(O)cc1.[Zr+2]. The molecule has 33 heavy (non-hydrogen) atoms. The molecule has 2 aliphatic carbocycles. The molecule has 0 atom stereocenters. The summed E-state index contributed by atoms with van der Waals surface area (Å²) in [5.41, 5.74) is 6.68. The maximum Gasteiger partial charge on any atom is 2.00 e. The zero-order valence-corrected chi connectivity index (χ0v) is 21.9. The number of phenolic OH excluding ortho intramolecular Hbond substituents is 2. The van der Waals surface area contributed by atoms with E-state index in [1.165, 1.54) is 46.6 Å². The van der Waals surface area contributed by atoms with Gasteiger partial charge in [0.1, 0.15) is 11.5 Å². The number of hydrogen-bond donors (Lipinski definition) is 2. The first-order chi connectivity index (χ1) is 15.3. The Balaban J connectivity index is 0.000000412. The van der Waals surface area contributed by atoms with Crippen LogP contribution in [-0.4, -0.2) is 10.2 Å². The van der Waals surface area contributed by atoms with Crippen LogP contribution < -0.4 is 0 Å². The van der Waals surface area contributed by atoms with Crippen molar-refractivity contribution in [3.63, 3.8) is 0 Å². The van der Waals surface area contributed by atoms with Crippen LogP contribution in [-0.2, 0) is 26.2 Å². The second kappa shape index (κ2) is 16.5. The van der Waals surface area contributed by atoms with Crippen molar-refractivity contribution in [2.45, 2.75) is 40.5 Å². The summed E-state index contributed by atoms with van der Waals surface area (Å²) in [5.74, 6) is 0.378. The molecule has 0 aliphatic heterocycles. The first-order valence-corrected chi connectivity index (χ1v) is 10.1. The predicted octanol–water partition coefficient (Wildman–Crippen LogP) is 6.70. The van der Waals surface area contributed by atoms with E-state index in [0.717, 1.165) is 12.8 Å². The average Bonchev–Trinajstić information content (AvgIpc) is 3.37. The number of nitrogens with zero attached hydrogens (tertiary/aromatic N) is 2. The van der Waals surface area contributed by atoms with Crippen LogP contribution in [0.15, 0.2) is 83.0 Å². The summed E-state index contributed by atoms with van der Waals surface area (Å²) in [6.07, 6.45) is 12.6. The largest absolute Gasteiger partial charge is 2.00 e. The Bertz CT molecular complexity index is 989. The van der Waals surface area contributed by atoms with E-state index < -0.39 is 0 Å². The van der Waals surface area contributed by atoms with E-state index >= 15 is 0 Å². The van der Waals surface area contributed by atoms with E-state index in [4.69, 9.17) is 20.7 Å². The molecule has 0 saturated carbocycles. The summed E-state index contributed by atoms with van der Waals surface area (Å²) in [4.78, 5) is 0. The minimum atomic E-state index is 0. The minimum Gasteiger partial charge on any atom is -0.508 e. The molecule has 166 valence electrons. The van der Waals surface area contributed by atoms with Gasteiger partial charge in [-0.05, 0) is 48.5 Å². The second-order valence-corrected chi connectivity index (χ2v) is 7.23. The van der Waals surface area contributed by atoms with E-state index in [-0.39, 0.29) is 37.7 Å². The molecular weight excluding hydrogens is 488 g/mol. The van der Waals surface area contributed by atoms with E-state index in [2.05, 4.69) is 52.0 Å². The first kappa shape index (κ1) is 29.9. The molecule has 0 spiro atoms. The van der Waals surface area contributed by atoms with Gasteiger partial charge >= 0.3 is 26.2 Å². The summed E-state index contributed by atoms with van der Waals surface area (Å²) < 4.78 is 0. The van der Waals surface area contributed by atoms with Gasteiger partial charge in [-0.25, -0.2) is 22.3 Å². The zero-order chi connectivity index (χ0) is 23.9. The number of benzene rings is 2. The van der Waals surface area contributed by atoms with Crippen molar-refractivity contribution in [1.82, 2.24) is 0 Å². The fraction of sp³-hybridized carbons (Fsp3) is 0.214. The van der Waals surface area contributed by atoms with Crippen molar-refractivity contribution >= 4 is 0 Å². The molecule has 4 nitrogen and oxygen atoms in total. The van der Waals surface area contributed by atoms with Gasteiger partial charge in [0.25, 0.3) is 0 Å². The Labute approximate surface area is 216 Å². The van der Waals surface area contributed by atoms with Crippen LogP contribution in [0.25, 0.3) is 0 Å². The molecule has 0 amide bonds. The maximum absolute atomic E-state index is 8.74. The fourth-order valence-corrected chi connectivity index (χ4v) is 2.34. The minimum absolute atomic E-state index is 0. The summed E-state index contributed by atoms with van der Waals surface area (Å²) in [6, 6.07) is 16.1. The smallest absolute Gasteiger partial charge is 0.508 e. The molecule has 0 unspecified atom stereocenters. The van der Waals surface area contributed by atoms with Gasteiger partial charge in [-0.15, -0.1) is 13.8 Å². The van der Waals surface area contributed by atoms with E-state index in [9.17, 15) is 0 Å². The van der Waals surface area contributed by atoms with Crippen LogP contribution in [0.4, 0.5) is 0 Å². The van der Waals surface area contributed by atoms with Crippen LogP contribution in [0.2, 0.25) is 0 Å². The van der Waals surface area contributed by atoms with Gasteiger partial charge in [0, 0.05) is 0 Å². The summed E-state index contributed by atoms with van der Waals surface area (Å²) >= 11 is 0. The molecule has 2 N–H and O–H groups in total. The standard InChI is InChI=1S/2C7H5NO.2C7H9.Zr/c2*8-5-6-1-3-7(9)4-2-6;2*1-6-4-3-5-7(6)2;/h2*1-4,9H;2*3H,4H2,1-2H3;/q;;2*-1;+2. The van der Waals surface area contributed by atoms with Gasteiger partial charge in [-0.2, -0.15) is 22.7 Å². The zero-order valence-electron chi connectivity index (χ0n) is 19.5. The third kappa shape index (κ3) is 12.5. The van der Waals surface area contributed by atoms with Crippen LogP contribution in [0, 0.1) is 34.8 Å². The summed E-state index contributed by atoms with van der Waals surface area (Å²) in [6.45, 7) is 8.48. The van der Waals surface area contributed by atoms with Gasteiger partial charge in [0.05, 0.1) is 23.3 Å². The molecule has 0 heterocycles. The number of hydrogen-bond acceptors (Lipinski definition) is 4. The second-order valence-electron chi connectivity index (χ2n) is 7.23. The Kier molecular flexibility index (Phi) is 14.9. The summed E-state index contributed by atoms with van der Waals surface area (Å²) in [5, 5.41) is 34.1. The summed E-state index contributed by atoms with van der Waals surface area (Å²) in [7, 11) is 0. The average molecular weight is 516 g/mol. The number of aromatic hydroxyl groups is 2. The molecule has 2 aromatic carbocycles. The molecule has 0 fully saturated rings. The van der Waals surface area contributed by atoms with Crippen molar-refractivity contribution in [3.8, 4) is 23.6 Å². The topological polar surface area (TPSA) is 88.0 Å². The molecule has 5 heteroatoms. The van der Waals surface area contributed by atoms with E-state index in [1.54, 1.807) is 24.3 Å². The normalized spacial score (nSPS) is 12.7. The van der Waals surface area contributed by atoms with Gasteiger partial charge < -0.3 is 10.2 Å². The van der Waals surface area contributed by atoms with Crippen LogP contribution in [0.3, 0.4) is 0 Å². The monoisotopic (exact) mass is 514 g/mol. The van der Waals surface area contributed by atoms with Crippen LogP contribution >= 0.6 is 0 Å². The first-order valence-electron chi connectivity index (χ1n) is 10.1. The molecule has 0 radical (unpaired) electrons.